The molecule has 0 radical (unpaired) electrons. The third-order valence-corrected chi connectivity index (χ3v) is 9.58. The topological polar surface area (TPSA) is 94.2 Å². The Bertz CT molecular complexity index is 1450. The van der Waals surface area contributed by atoms with E-state index in [9.17, 15) is 31.9 Å². The maximum atomic E-state index is 14.5. The summed E-state index contributed by atoms with van der Waals surface area (Å²) in [5.41, 5.74) is 1.68. The van der Waals surface area contributed by atoms with E-state index in [-0.39, 0.29) is 80.9 Å². The first kappa shape index (κ1) is 32.2. The predicted molar refractivity (Wildman–Crippen MR) is 163 cm³/mol. The molecule has 4 fully saturated rings. The van der Waals surface area contributed by atoms with Crippen LogP contribution in [0.1, 0.15) is 64.3 Å². The second-order valence-corrected chi connectivity index (χ2v) is 12.6. The van der Waals surface area contributed by atoms with Crippen molar-refractivity contribution < 1.29 is 36.7 Å². The van der Waals surface area contributed by atoms with Gasteiger partial charge in [0.25, 0.3) is 11.8 Å². The number of anilines is 1. The molecule has 3 saturated heterocycles. The maximum absolute atomic E-state index is 14.5. The van der Waals surface area contributed by atoms with Gasteiger partial charge in [-0.25, -0.2) is 4.39 Å². The van der Waals surface area contributed by atoms with Gasteiger partial charge in [-0.1, -0.05) is 0 Å². The van der Waals surface area contributed by atoms with Crippen LogP contribution in [0.4, 0.5) is 23.2 Å². The molecule has 2 aromatic carbocycles. The van der Waals surface area contributed by atoms with Gasteiger partial charge in [0.2, 0.25) is 5.91 Å². The van der Waals surface area contributed by atoms with Crippen LogP contribution in [0.25, 0.3) is 0 Å². The molecule has 0 spiro atoms. The number of hydrogen-bond acceptors (Lipinski definition) is 6. The number of hydrogen-bond donors (Lipinski definition) is 2. The van der Waals surface area contributed by atoms with Gasteiger partial charge in [0, 0.05) is 62.6 Å². The van der Waals surface area contributed by atoms with E-state index in [1.165, 1.54) is 17.0 Å². The monoisotopic (exact) mass is 645 g/mol. The van der Waals surface area contributed by atoms with Gasteiger partial charge in [-0.2, -0.15) is 13.2 Å². The van der Waals surface area contributed by atoms with E-state index in [0.29, 0.717) is 49.5 Å². The summed E-state index contributed by atoms with van der Waals surface area (Å²) in [6, 6.07) is 9.18. The van der Waals surface area contributed by atoms with Crippen molar-refractivity contribution in [3.8, 4) is 5.75 Å². The Morgan fingerprint density at radius 2 is 1.50 bits per heavy atom. The number of nitrogens with one attached hydrogen (secondary N) is 2. The average molecular weight is 646 g/mol. The van der Waals surface area contributed by atoms with Gasteiger partial charge in [-0.05, 0) is 86.5 Å². The molecule has 2 aromatic rings. The summed E-state index contributed by atoms with van der Waals surface area (Å²) in [5.74, 6) is -2.24. The van der Waals surface area contributed by atoms with Crippen LogP contribution < -0.4 is 20.3 Å². The molecule has 3 amide bonds. The molecular formula is C33H39F4N5O4. The summed E-state index contributed by atoms with van der Waals surface area (Å²) in [6.07, 6.45) is -2.59. The molecule has 1 aliphatic carbocycles. The predicted octanol–water partition coefficient (Wildman–Crippen LogP) is 3.94. The highest BCUT2D eigenvalue weighted by Crippen LogP contribution is 2.45. The molecule has 1 atom stereocenters. The van der Waals surface area contributed by atoms with Gasteiger partial charge in [-0.15, -0.1) is 0 Å². The molecule has 0 bridgehead atoms. The van der Waals surface area contributed by atoms with E-state index in [2.05, 4.69) is 10.6 Å². The number of carbonyl (C=O) groups excluding carboxylic acids is 3. The Labute approximate surface area is 265 Å². The van der Waals surface area contributed by atoms with Crippen molar-refractivity contribution in [2.45, 2.75) is 50.3 Å². The van der Waals surface area contributed by atoms with Crippen LogP contribution in [0, 0.1) is 11.7 Å². The molecule has 46 heavy (non-hydrogen) atoms. The summed E-state index contributed by atoms with van der Waals surface area (Å²) in [6.45, 7) is 3.62. The normalized spacial score (nSPS) is 24.3. The maximum Gasteiger partial charge on any atom is 0.391 e. The fourth-order valence-corrected chi connectivity index (χ4v) is 6.96. The summed E-state index contributed by atoms with van der Waals surface area (Å²) < 4.78 is 60.9. The van der Waals surface area contributed by atoms with E-state index >= 15 is 0 Å². The van der Waals surface area contributed by atoms with Crippen molar-refractivity contribution in [2.24, 2.45) is 5.92 Å². The molecule has 3 heterocycles. The first-order valence-electron chi connectivity index (χ1n) is 16.0. The number of alkyl halides is 3. The molecule has 4 aliphatic rings. The number of nitrogens with zero attached hydrogens (tertiary/aromatic N) is 3. The van der Waals surface area contributed by atoms with Crippen molar-refractivity contribution in [3.63, 3.8) is 0 Å². The first-order chi connectivity index (χ1) is 22.1. The van der Waals surface area contributed by atoms with Crippen LogP contribution >= 0.6 is 0 Å². The van der Waals surface area contributed by atoms with Crippen LogP contribution in [0.2, 0.25) is 0 Å². The summed E-state index contributed by atoms with van der Waals surface area (Å²) in [5, 5.41) is 6.22. The number of halogens is 4. The Kier molecular flexibility index (Phi) is 9.51. The van der Waals surface area contributed by atoms with Gasteiger partial charge in [0.15, 0.2) is 0 Å². The lowest BCUT2D eigenvalue weighted by Gasteiger charge is -2.35. The lowest BCUT2D eigenvalue weighted by molar-refractivity contribution is -0.182. The summed E-state index contributed by atoms with van der Waals surface area (Å²) in [7, 11) is 0. The first-order valence-corrected chi connectivity index (χ1v) is 16.0. The van der Waals surface area contributed by atoms with Gasteiger partial charge >= 0.3 is 6.18 Å². The minimum Gasteiger partial charge on any atom is -0.489 e. The number of amides is 3. The highest BCUT2D eigenvalue weighted by atomic mass is 19.4. The van der Waals surface area contributed by atoms with Crippen molar-refractivity contribution >= 4 is 23.4 Å². The third kappa shape index (κ3) is 7.15. The second kappa shape index (κ2) is 13.6. The quantitative estimate of drug-likeness (QED) is 0.463. The summed E-state index contributed by atoms with van der Waals surface area (Å²) in [4.78, 5) is 44.0. The van der Waals surface area contributed by atoms with Crippen molar-refractivity contribution in [2.75, 3.05) is 63.8 Å². The molecule has 13 heteroatoms. The zero-order valence-corrected chi connectivity index (χ0v) is 25.6. The fraction of sp³-hybridized carbons (Fsp3) is 0.545. The van der Waals surface area contributed by atoms with Crippen LogP contribution in [-0.2, 0) is 4.79 Å². The lowest BCUT2D eigenvalue weighted by atomic mass is 9.78. The lowest BCUT2D eigenvalue weighted by Crippen LogP contribution is -2.50. The van der Waals surface area contributed by atoms with Crippen molar-refractivity contribution in [3.05, 3.63) is 58.9 Å². The van der Waals surface area contributed by atoms with E-state index in [0.717, 1.165) is 24.6 Å². The largest absolute Gasteiger partial charge is 0.489 e. The van der Waals surface area contributed by atoms with E-state index in [4.69, 9.17) is 4.74 Å². The average Bonchev–Trinajstić information content (AvgIpc) is 3.57. The number of carbonyl (C=O) groups is 3. The Hall–Kier alpha value is -3.71. The van der Waals surface area contributed by atoms with E-state index in [1.807, 2.05) is 0 Å². The third-order valence-electron chi connectivity index (χ3n) is 9.58. The number of piperazine rings is 2. The van der Waals surface area contributed by atoms with Crippen LogP contribution in [-0.4, -0.2) is 98.7 Å². The smallest absolute Gasteiger partial charge is 0.391 e. The van der Waals surface area contributed by atoms with Crippen molar-refractivity contribution in [1.29, 1.82) is 0 Å². The molecule has 248 valence electrons. The van der Waals surface area contributed by atoms with Crippen LogP contribution in [0.3, 0.4) is 0 Å². The Morgan fingerprint density at radius 3 is 2.13 bits per heavy atom. The molecule has 3 aliphatic heterocycles. The zero-order chi connectivity index (χ0) is 32.4. The molecule has 6 rings (SSSR count). The molecule has 1 unspecified atom stereocenters. The SMILES string of the molecule is O=C(c1cc(F)cc(N2CCNCC2=O)c1)N1CCN(C(=O)c2ccc(OC3CCNC3)c(C3CCC(C(F)(F)F)CC3)c2)CC1. The number of rotatable bonds is 6. The Morgan fingerprint density at radius 1 is 0.804 bits per heavy atom. The molecule has 0 aromatic heterocycles. The highest BCUT2D eigenvalue weighted by Gasteiger charge is 2.42. The fourth-order valence-electron chi connectivity index (χ4n) is 6.96. The molecule has 2 N–H and O–H groups in total. The minimum absolute atomic E-state index is 0.0380. The van der Waals surface area contributed by atoms with Gasteiger partial charge < -0.3 is 30.1 Å². The molecule has 9 nitrogen and oxygen atoms in total. The Balaban J connectivity index is 1.13. The van der Waals surface area contributed by atoms with Gasteiger partial charge in [0.1, 0.15) is 17.7 Å². The van der Waals surface area contributed by atoms with Crippen LogP contribution in [0.15, 0.2) is 36.4 Å². The molecular weight excluding hydrogens is 606 g/mol. The zero-order valence-electron chi connectivity index (χ0n) is 25.6. The van der Waals surface area contributed by atoms with E-state index in [1.54, 1.807) is 28.0 Å². The number of ether oxygens (including phenoxy) is 1. The second-order valence-electron chi connectivity index (χ2n) is 12.6. The minimum atomic E-state index is -4.21. The highest BCUT2D eigenvalue weighted by molar-refractivity contribution is 5.99. The van der Waals surface area contributed by atoms with E-state index < -0.39 is 17.9 Å². The van der Waals surface area contributed by atoms with Gasteiger partial charge in [0.05, 0.1) is 12.5 Å². The molecule has 1 saturated carbocycles. The van der Waals surface area contributed by atoms with Crippen LogP contribution in [0.5, 0.6) is 5.75 Å². The van der Waals surface area contributed by atoms with Gasteiger partial charge in [-0.3, -0.25) is 14.4 Å². The number of benzene rings is 2. The standard InChI is InChI=1S/C33H39F4N5O4/c34-25-15-23(16-26(18-25)42-10-9-39-20-30(42)43)32(45)41-13-11-40(12-14-41)31(44)22-3-6-29(46-27-7-8-38-19-27)28(17-22)21-1-4-24(5-2-21)33(35,36)37/h3,6,15-18,21,24,27,38-39H,1-2,4-5,7-14,19-20H2. The summed E-state index contributed by atoms with van der Waals surface area (Å²) >= 11 is 0. The van der Waals surface area contributed by atoms with Crippen molar-refractivity contribution in [1.82, 2.24) is 20.4 Å².